The first-order chi connectivity index (χ1) is 7.95. The lowest BCUT2D eigenvalue weighted by atomic mass is 10.1. The molecule has 5 heteroatoms. The minimum absolute atomic E-state index is 0.0386. The van der Waals surface area contributed by atoms with E-state index in [9.17, 15) is 9.59 Å². The third-order valence-electron chi connectivity index (χ3n) is 2.83. The monoisotopic (exact) mass is 237 g/mol. The molecule has 94 valence electrons. The van der Waals surface area contributed by atoms with Gasteiger partial charge in [-0.1, -0.05) is 0 Å². The van der Waals surface area contributed by atoms with Crippen LogP contribution in [0.1, 0.15) is 33.6 Å². The van der Waals surface area contributed by atoms with Crippen LogP contribution in [-0.4, -0.2) is 35.8 Å². The fraction of sp³-hybridized carbons (Fsp3) is 0.750. The van der Waals surface area contributed by atoms with E-state index < -0.39 is 5.41 Å². The smallest absolute Gasteiger partial charge is 0.243 e. The van der Waals surface area contributed by atoms with Crippen molar-refractivity contribution in [3.8, 4) is 6.07 Å². The van der Waals surface area contributed by atoms with Gasteiger partial charge in [-0.05, 0) is 33.6 Å². The number of hydrogen-bond acceptors (Lipinski definition) is 3. The van der Waals surface area contributed by atoms with Crippen LogP contribution in [0.25, 0.3) is 0 Å². The number of nitrogens with one attached hydrogen (secondary N) is 1. The molecule has 2 amide bonds. The lowest BCUT2D eigenvalue weighted by molar-refractivity contribution is -0.138. The maximum absolute atomic E-state index is 12.0. The van der Waals surface area contributed by atoms with Gasteiger partial charge in [-0.15, -0.1) is 0 Å². The molecule has 0 atom stereocenters. The highest BCUT2D eigenvalue weighted by Gasteiger charge is 2.52. The topological polar surface area (TPSA) is 73.2 Å². The van der Waals surface area contributed by atoms with Crippen molar-refractivity contribution in [1.82, 2.24) is 10.2 Å². The molecule has 1 aliphatic carbocycles. The minimum Gasteiger partial charge on any atom is -0.352 e. The van der Waals surface area contributed by atoms with Crippen LogP contribution in [0.3, 0.4) is 0 Å². The van der Waals surface area contributed by atoms with E-state index in [0.29, 0.717) is 19.4 Å². The summed E-state index contributed by atoms with van der Waals surface area (Å²) >= 11 is 0. The van der Waals surface area contributed by atoms with Crippen molar-refractivity contribution in [2.24, 2.45) is 5.41 Å². The zero-order chi connectivity index (χ0) is 13.1. The summed E-state index contributed by atoms with van der Waals surface area (Å²) in [5.41, 5.74) is -0.839. The molecule has 0 unspecified atom stereocenters. The fourth-order valence-electron chi connectivity index (χ4n) is 1.67. The molecule has 0 radical (unpaired) electrons. The Labute approximate surface area is 102 Å². The van der Waals surface area contributed by atoms with Crippen LogP contribution in [0.2, 0.25) is 0 Å². The Morgan fingerprint density at radius 1 is 1.47 bits per heavy atom. The molecule has 1 rings (SSSR count). The van der Waals surface area contributed by atoms with Gasteiger partial charge in [0.25, 0.3) is 0 Å². The van der Waals surface area contributed by atoms with Crippen molar-refractivity contribution in [1.29, 1.82) is 5.26 Å². The second-order valence-corrected chi connectivity index (χ2v) is 4.74. The van der Waals surface area contributed by atoms with Crippen molar-refractivity contribution in [2.45, 2.75) is 39.7 Å². The molecule has 0 saturated heterocycles. The normalized spacial score (nSPS) is 16.2. The molecule has 0 aromatic rings. The highest BCUT2D eigenvalue weighted by Crippen LogP contribution is 2.46. The van der Waals surface area contributed by atoms with E-state index in [1.165, 1.54) is 4.90 Å². The quantitative estimate of drug-likeness (QED) is 0.763. The van der Waals surface area contributed by atoms with Gasteiger partial charge >= 0.3 is 0 Å². The van der Waals surface area contributed by atoms with E-state index in [2.05, 4.69) is 11.4 Å². The standard InChI is InChI=1S/C12H19N3O2/c1-4-15(7-10(16)14-9(2)3)11(17)12(8-13)5-6-12/h9H,4-7H2,1-3H3,(H,14,16). The van der Waals surface area contributed by atoms with E-state index in [1.807, 2.05) is 20.8 Å². The molecule has 1 aliphatic rings. The Balaban J connectivity index is 2.58. The van der Waals surface area contributed by atoms with Crippen LogP contribution in [0, 0.1) is 16.7 Å². The van der Waals surface area contributed by atoms with Crippen LogP contribution in [-0.2, 0) is 9.59 Å². The van der Waals surface area contributed by atoms with Crippen molar-refractivity contribution < 1.29 is 9.59 Å². The number of likely N-dealkylation sites (N-methyl/N-ethyl adjacent to an activating group) is 1. The molecule has 5 nitrogen and oxygen atoms in total. The van der Waals surface area contributed by atoms with Gasteiger partial charge in [0.1, 0.15) is 5.41 Å². The second-order valence-electron chi connectivity index (χ2n) is 4.74. The van der Waals surface area contributed by atoms with Gasteiger partial charge in [-0.2, -0.15) is 5.26 Å². The number of nitrogens with zero attached hydrogens (tertiary/aromatic N) is 2. The van der Waals surface area contributed by atoms with Gasteiger partial charge in [0, 0.05) is 12.6 Å². The molecule has 0 spiro atoms. The van der Waals surface area contributed by atoms with Gasteiger partial charge in [-0.3, -0.25) is 9.59 Å². The second kappa shape index (κ2) is 5.17. The lowest BCUT2D eigenvalue weighted by Crippen LogP contribution is -2.45. The summed E-state index contributed by atoms with van der Waals surface area (Å²) in [4.78, 5) is 25.1. The van der Waals surface area contributed by atoms with Crippen molar-refractivity contribution >= 4 is 11.8 Å². The summed E-state index contributed by atoms with van der Waals surface area (Å²) < 4.78 is 0. The molecular weight excluding hydrogens is 218 g/mol. The molecule has 0 aromatic carbocycles. The Hall–Kier alpha value is -1.57. The Bertz CT molecular complexity index is 353. The van der Waals surface area contributed by atoms with Crippen molar-refractivity contribution in [3.05, 3.63) is 0 Å². The van der Waals surface area contributed by atoms with Gasteiger partial charge in [0.2, 0.25) is 11.8 Å². The maximum Gasteiger partial charge on any atom is 0.243 e. The van der Waals surface area contributed by atoms with E-state index >= 15 is 0 Å². The Kier molecular flexibility index (Phi) is 4.11. The SMILES string of the molecule is CCN(CC(=O)NC(C)C)C(=O)C1(C#N)CC1. The maximum atomic E-state index is 12.0. The number of carbonyl (C=O) groups is 2. The number of carbonyl (C=O) groups excluding carboxylic acids is 2. The van der Waals surface area contributed by atoms with E-state index in [-0.39, 0.29) is 24.4 Å². The largest absolute Gasteiger partial charge is 0.352 e. The summed E-state index contributed by atoms with van der Waals surface area (Å²) in [6.45, 7) is 6.04. The average Bonchev–Trinajstić information content (AvgIpc) is 3.04. The molecule has 17 heavy (non-hydrogen) atoms. The Morgan fingerprint density at radius 3 is 2.41 bits per heavy atom. The van der Waals surface area contributed by atoms with Crippen LogP contribution in [0.4, 0.5) is 0 Å². The summed E-state index contributed by atoms with van der Waals surface area (Å²) in [6.07, 6.45) is 1.23. The Morgan fingerprint density at radius 2 is 2.06 bits per heavy atom. The summed E-state index contributed by atoms with van der Waals surface area (Å²) in [5, 5.41) is 11.7. The number of amides is 2. The van der Waals surface area contributed by atoms with Crippen LogP contribution < -0.4 is 5.32 Å². The first-order valence-corrected chi connectivity index (χ1v) is 5.95. The third-order valence-corrected chi connectivity index (χ3v) is 2.83. The zero-order valence-electron chi connectivity index (χ0n) is 10.6. The first-order valence-electron chi connectivity index (χ1n) is 5.95. The van der Waals surface area contributed by atoms with Crippen molar-refractivity contribution in [2.75, 3.05) is 13.1 Å². The average molecular weight is 237 g/mol. The number of hydrogen-bond donors (Lipinski definition) is 1. The van der Waals surface area contributed by atoms with E-state index in [1.54, 1.807) is 0 Å². The van der Waals surface area contributed by atoms with Crippen LogP contribution >= 0.6 is 0 Å². The lowest BCUT2D eigenvalue weighted by Gasteiger charge is -2.23. The molecule has 1 N–H and O–H groups in total. The van der Waals surface area contributed by atoms with Gasteiger partial charge < -0.3 is 10.2 Å². The summed E-state index contributed by atoms with van der Waals surface area (Å²) in [7, 11) is 0. The number of nitriles is 1. The van der Waals surface area contributed by atoms with Gasteiger partial charge in [0.05, 0.1) is 12.6 Å². The van der Waals surface area contributed by atoms with Crippen LogP contribution in [0.5, 0.6) is 0 Å². The molecule has 1 saturated carbocycles. The zero-order valence-corrected chi connectivity index (χ0v) is 10.6. The molecule has 0 aliphatic heterocycles. The molecule has 0 heterocycles. The molecule has 1 fully saturated rings. The predicted molar refractivity (Wildman–Crippen MR) is 62.8 cm³/mol. The fourth-order valence-corrected chi connectivity index (χ4v) is 1.67. The molecule has 0 aromatic heterocycles. The predicted octanol–water partition coefficient (Wildman–Crippen LogP) is 0.663. The first kappa shape index (κ1) is 13.5. The molecule has 0 bridgehead atoms. The van der Waals surface area contributed by atoms with Gasteiger partial charge in [-0.25, -0.2) is 0 Å². The summed E-state index contributed by atoms with van der Waals surface area (Å²) in [6, 6.07) is 2.12. The van der Waals surface area contributed by atoms with Gasteiger partial charge in [0.15, 0.2) is 0 Å². The highest BCUT2D eigenvalue weighted by molar-refractivity contribution is 5.91. The van der Waals surface area contributed by atoms with Crippen LogP contribution in [0.15, 0.2) is 0 Å². The minimum atomic E-state index is -0.839. The van der Waals surface area contributed by atoms with E-state index in [0.717, 1.165) is 0 Å². The third kappa shape index (κ3) is 3.19. The highest BCUT2D eigenvalue weighted by atomic mass is 16.2. The molecular formula is C12H19N3O2. The van der Waals surface area contributed by atoms with Crippen molar-refractivity contribution in [3.63, 3.8) is 0 Å². The summed E-state index contributed by atoms with van der Waals surface area (Å²) in [5.74, 6) is -0.384. The number of rotatable bonds is 5. The van der Waals surface area contributed by atoms with E-state index in [4.69, 9.17) is 5.26 Å².